The highest BCUT2D eigenvalue weighted by Crippen LogP contribution is 2.31. The SMILES string of the molecule is CN1CCC(N)c2cc(F)ccc21. The zero-order chi connectivity index (χ0) is 9.42. The summed E-state index contributed by atoms with van der Waals surface area (Å²) in [5, 5.41) is 0. The molecular formula is C10H13FN2. The van der Waals surface area contributed by atoms with E-state index >= 15 is 0 Å². The van der Waals surface area contributed by atoms with Gasteiger partial charge in [-0.15, -0.1) is 0 Å². The highest BCUT2D eigenvalue weighted by molar-refractivity contribution is 5.56. The minimum absolute atomic E-state index is 0.0121. The molecule has 0 amide bonds. The molecule has 13 heavy (non-hydrogen) atoms. The van der Waals surface area contributed by atoms with Crippen LogP contribution in [0.15, 0.2) is 18.2 Å². The summed E-state index contributed by atoms with van der Waals surface area (Å²) in [6, 6.07) is 4.80. The van der Waals surface area contributed by atoms with E-state index in [0.29, 0.717) is 0 Å². The monoisotopic (exact) mass is 180 g/mol. The molecule has 0 radical (unpaired) electrons. The highest BCUT2D eigenvalue weighted by Gasteiger charge is 2.20. The van der Waals surface area contributed by atoms with Crippen molar-refractivity contribution in [3.05, 3.63) is 29.6 Å². The summed E-state index contributed by atoms with van der Waals surface area (Å²) >= 11 is 0. The summed E-state index contributed by atoms with van der Waals surface area (Å²) in [7, 11) is 2.00. The molecule has 3 heteroatoms. The van der Waals surface area contributed by atoms with Crippen LogP contribution in [0.4, 0.5) is 10.1 Å². The van der Waals surface area contributed by atoms with Gasteiger partial charge in [-0.1, -0.05) is 0 Å². The Bertz CT molecular complexity index is 325. The summed E-state index contributed by atoms with van der Waals surface area (Å²) in [6.07, 6.45) is 0.896. The minimum atomic E-state index is -0.204. The van der Waals surface area contributed by atoms with Gasteiger partial charge in [-0.2, -0.15) is 0 Å². The molecule has 1 unspecified atom stereocenters. The molecule has 0 spiro atoms. The molecule has 1 aliphatic rings. The lowest BCUT2D eigenvalue weighted by Gasteiger charge is -2.31. The van der Waals surface area contributed by atoms with Crippen LogP contribution < -0.4 is 10.6 Å². The lowest BCUT2D eigenvalue weighted by molar-refractivity contribution is 0.590. The number of rotatable bonds is 0. The number of hydrogen-bond acceptors (Lipinski definition) is 2. The smallest absolute Gasteiger partial charge is 0.123 e. The molecule has 2 rings (SSSR count). The molecule has 0 fully saturated rings. The Kier molecular flexibility index (Phi) is 1.96. The van der Waals surface area contributed by atoms with Crippen molar-refractivity contribution in [1.29, 1.82) is 0 Å². The lowest BCUT2D eigenvalue weighted by atomic mass is 9.97. The van der Waals surface area contributed by atoms with E-state index in [1.54, 1.807) is 6.07 Å². The second kappa shape index (κ2) is 3.00. The summed E-state index contributed by atoms with van der Waals surface area (Å²) < 4.78 is 12.9. The van der Waals surface area contributed by atoms with Crippen LogP contribution in [-0.4, -0.2) is 13.6 Å². The van der Waals surface area contributed by atoms with Gasteiger partial charge >= 0.3 is 0 Å². The van der Waals surface area contributed by atoms with Crippen molar-refractivity contribution < 1.29 is 4.39 Å². The molecule has 0 aromatic heterocycles. The Labute approximate surface area is 77.2 Å². The quantitative estimate of drug-likeness (QED) is 0.658. The third-order valence-corrected chi connectivity index (χ3v) is 2.58. The van der Waals surface area contributed by atoms with Gasteiger partial charge < -0.3 is 10.6 Å². The minimum Gasteiger partial charge on any atom is -0.374 e. The van der Waals surface area contributed by atoms with E-state index in [0.717, 1.165) is 24.2 Å². The van der Waals surface area contributed by atoms with E-state index in [2.05, 4.69) is 4.90 Å². The molecule has 0 saturated carbocycles. The Balaban J connectivity index is 2.50. The van der Waals surface area contributed by atoms with Crippen LogP contribution in [0.2, 0.25) is 0 Å². The fraction of sp³-hybridized carbons (Fsp3) is 0.400. The molecule has 1 aliphatic heterocycles. The Morgan fingerprint density at radius 1 is 1.54 bits per heavy atom. The van der Waals surface area contributed by atoms with E-state index in [4.69, 9.17) is 5.73 Å². The highest BCUT2D eigenvalue weighted by atomic mass is 19.1. The number of hydrogen-bond donors (Lipinski definition) is 1. The van der Waals surface area contributed by atoms with Crippen LogP contribution in [0.1, 0.15) is 18.0 Å². The predicted octanol–water partition coefficient (Wildman–Crippen LogP) is 1.67. The molecule has 1 atom stereocenters. The maximum atomic E-state index is 12.9. The van der Waals surface area contributed by atoms with Crippen LogP contribution in [0.25, 0.3) is 0 Å². The first-order chi connectivity index (χ1) is 6.18. The van der Waals surface area contributed by atoms with Gasteiger partial charge in [-0.25, -0.2) is 4.39 Å². The first kappa shape index (κ1) is 8.51. The second-order valence-corrected chi connectivity index (χ2v) is 3.52. The van der Waals surface area contributed by atoms with Crippen LogP contribution in [0.3, 0.4) is 0 Å². The molecule has 70 valence electrons. The Hall–Kier alpha value is -1.09. The van der Waals surface area contributed by atoms with Crippen LogP contribution in [0.5, 0.6) is 0 Å². The van der Waals surface area contributed by atoms with Gasteiger partial charge in [0.15, 0.2) is 0 Å². The zero-order valence-electron chi connectivity index (χ0n) is 7.63. The van der Waals surface area contributed by atoms with Gasteiger partial charge in [0.05, 0.1) is 0 Å². The van der Waals surface area contributed by atoms with Crippen LogP contribution in [-0.2, 0) is 0 Å². The molecule has 2 N–H and O–H groups in total. The zero-order valence-corrected chi connectivity index (χ0v) is 7.63. The predicted molar refractivity (Wildman–Crippen MR) is 51.2 cm³/mol. The molecule has 1 aromatic rings. The molecular weight excluding hydrogens is 167 g/mol. The molecule has 0 aliphatic carbocycles. The summed E-state index contributed by atoms with van der Waals surface area (Å²) in [6.45, 7) is 0.944. The normalized spacial score (nSPS) is 21.5. The van der Waals surface area contributed by atoms with E-state index in [1.165, 1.54) is 12.1 Å². The lowest BCUT2D eigenvalue weighted by Crippen LogP contribution is -2.30. The maximum Gasteiger partial charge on any atom is 0.123 e. The maximum absolute atomic E-state index is 12.9. The van der Waals surface area contributed by atoms with Crippen LogP contribution in [0, 0.1) is 5.82 Å². The fourth-order valence-electron chi connectivity index (χ4n) is 1.78. The molecule has 2 nitrogen and oxygen atoms in total. The van der Waals surface area contributed by atoms with Gasteiger partial charge in [0.25, 0.3) is 0 Å². The largest absolute Gasteiger partial charge is 0.374 e. The summed E-state index contributed by atoms with van der Waals surface area (Å²) in [5.41, 5.74) is 7.86. The fourth-order valence-corrected chi connectivity index (χ4v) is 1.78. The number of halogens is 1. The molecule has 0 bridgehead atoms. The standard InChI is InChI=1S/C10H13FN2/c1-13-5-4-9(12)8-6-7(11)2-3-10(8)13/h2-3,6,9H,4-5,12H2,1H3. The van der Waals surface area contributed by atoms with E-state index in [1.807, 2.05) is 7.05 Å². The van der Waals surface area contributed by atoms with Crippen molar-refractivity contribution in [1.82, 2.24) is 0 Å². The van der Waals surface area contributed by atoms with Gasteiger partial charge in [0.2, 0.25) is 0 Å². The first-order valence-electron chi connectivity index (χ1n) is 4.44. The van der Waals surface area contributed by atoms with Crippen LogP contribution >= 0.6 is 0 Å². The molecule has 1 aromatic carbocycles. The van der Waals surface area contributed by atoms with Gasteiger partial charge in [0, 0.05) is 25.3 Å². The van der Waals surface area contributed by atoms with Crippen molar-refractivity contribution in [2.75, 3.05) is 18.5 Å². The topological polar surface area (TPSA) is 29.3 Å². The number of benzene rings is 1. The van der Waals surface area contributed by atoms with Crippen molar-refractivity contribution in [2.45, 2.75) is 12.5 Å². The second-order valence-electron chi connectivity index (χ2n) is 3.52. The van der Waals surface area contributed by atoms with Crippen molar-refractivity contribution in [3.63, 3.8) is 0 Å². The number of nitrogens with zero attached hydrogens (tertiary/aromatic N) is 1. The van der Waals surface area contributed by atoms with E-state index in [9.17, 15) is 4.39 Å². The number of nitrogens with two attached hydrogens (primary N) is 1. The van der Waals surface area contributed by atoms with E-state index < -0.39 is 0 Å². The van der Waals surface area contributed by atoms with Crippen molar-refractivity contribution in [2.24, 2.45) is 5.73 Å². The molecule has 1 heterocycles. The van der Waals surface area contributed by atoms with Crippen molar-refractivity contribution in [3.8, 4) is 0 Å². The van der Waals surface area contributed by atoms with Gasteiger partial charge in [-0.3, -0.25) is 0 Å². The average Bonchev–Trinajstić information content (AvgIpc) is 2.12. The van der Waals surface area contributed by atoms with Gasteiger partial charge in [-0.05, 0) is 30.2 Å². The Morgan fingerprint density at radius 3 is 3.08 bits per heavy atom. The molecule has 0 saturated heterocycles. The third kappa shape index (κ3) is 1.40. The number of fused-ring (bicyclic) bond motifs is 1. The summed E-state index contributed by atoms with van der Waals surface area (Å²) in [5.74, 6) is -0.204. The Morgan fingerprint density at radius 2 is 2.31 bits per heavy atom. The average molecular weight is 180 g/mol. The van der Waals surface area contributed by atoms with Crippen molar-refractivity contribution >= 4 is 5.69 Å². The van der Waals surface area contributed by atoms with E-state index in [-0.39, 0.29) is 11.9 Å². The first-order valence-corrected chi connectivity index (χ1v) is 4.44. The number of anilines is 1. The summed E-state index contributed by atoms with van der Waals surface area (Å²) in [4.78, 5) is 2.11. The van der Waals surface area contributed by atoms with Gasteiger partial charge in [0.1, 0.15) is 5.82 Å². The third-order valence-electron chi connectivity index (χ3n) is 2.58.